The molecular formula is C11H24N2O4S. The molecule has 0 unspecified atom stereocenters. The van der Waals surface area contributed by atoms with Crippen molar-refractivity contribution in [3.63, 3.8) is 0 Å². The van der Waals surface area contributed by atoms with Crippen LogP contribution in [0.5, 0.6) is 0 Å². The molecule has 1 N–H and O–H groups in total. The van der Waals surface area contributed by atoms with Gasteiger partial charge in [-0.15, -0.1) is 0 Å². The standard InChI is InChI=1S/C11H24N2O4S/c1-11(2,3)12-10(14)6-7-13(8-9-17-4)18(5,15)16/h6-9H2,1-5H3,(H,12,14). The number of carbonyl (C=O) groups is 1. The van der Waals surface area contributed by atoms with E-state index in [2.05, 4.69) is 5.32 Å². The van der Waals surface area contributed by atoms with E-state index >= 15 is 0 Å². The minimum absolute atomic E-state index is 0.147. The molecule has 0 fully saturated rings. The zero-order valence-corrected chi connectivity index (χ0v) is 12.6. The van der Waals surface area contributed by atoms with Crippen molar-refractivity contribution >= 4 is 15.9 Å². The molecular weight excluding hydrogens is 256 g/mol. The first kappa shape index (κ1) is 17.3. The lowest BCUT2D eigenvalue weighted by molar-refractivity contribution is -0.122. The third kappa shape index (κ3) is 8.43. The average Bonchev–Trinajstić information content (AvgIpc) is 2.12. The zero-order valence-electron chi connectivity index (χ0n) is 11.8. The fraction of sp³-hybridized carbons (Fsp3) is 0.909. The third-order valence-corrected chi connectivity index (χ3v) is 3.42. The van der Waals surface area contributed by atoms with Gasteiger partial charge < -0.3 is 10.1 Å². The molecule has 0 spiro atoms. The molecule has 18 heavy (non-hydrogen) atoms. The Balaban J connectivity index is 4.32. The van der Waals surface area contributed by atoms with Gasteiger partial charge >= 0.3 is 0 Å². The van der Waals surface area contributed by atoms with Crippen LogP contribution in [0.15, 0.2) is 0 Å². The summed E-state index contributed by atoms with van der Waals surface area (Å²) < 4.78 is 29.0. The maximum absolute atomic E-state index is 11.6. The van der Waals surface area contributed by atoms with E-state index < -0.39 is 10.0 Å². The highest BCUT2D eigenvalue weighted by molar-refractivity contribution is 7.88. The predicted octanol–water partition coefficient (Wildman–Crippen LogP) is 0.199. The molecule has 0 bridgehead atoms. The first-order valence-electron chi connectivity index (χ1n) is 5.81. The Kier molecular flexibility index (Phi) is 6.80. The van der Waals surface area contributed by atoms with Crippen LogP contribution < -0.4 is 5.32 Å². The number of hydrogen-bond acceptors (Lipinski definition) is 4. The van der Waals surface area contributed by atoms with Gasteiger partial charge in [0, 0.05) is 32.2 Å². The van der Waals surface area contributed by atoms with E-state index in [9.17, 15) is 13.2 Å². The summed E-state index contributed by atoms with van der Waals surface area (Å²) >= 11 is 0. The summed E-state index contributed by atoms with van der Waals surface area (Å²) in [5, 5.41) is 2.79. The highest BCUT2D eigenvalue weighted by atomic mass is 32.2. The molecule has 0 aliphatic rings. The lowest BCUT2D eigenvalue weighted by Gasteiger charge is -2.23. The van der Waals surface area contributed by atoms with Gasteiger partial charge in [0.25, 0.3) is 0 Å². The largest absolute Gasteiger partial charge is 0.383 e. The Labute approximate surface area is 110 Å². The summed E-state index contributed by atoms with van der Waals surface area (Å²) in [7, 11) is -1.80. The van der Waals surface area contributed by atoms with E-state index in [1.54, 1.807) is 0 Å². The monoisotopic (exact) mass is 280 g/mol. The van der Waals surface area contributed by atoms with Crippen LogP contribution in [0.4, 0.5) is 0 Å². The van der Waals surface area contributed by atoms with E-state index in [0.717, 1.165) is 6.26 Å². The Morgan fingerprint density at radius 1 is 1.28 bits per heavy atom. The van der Waals surface area contributed by atoms with E-state index in [0.29, 0.717) is 6.61 Å². The van der Waals surface area contributed by atoms with Crippen LogP contribution in [0, 0.1) is 0 Å². The number of hydrogen-bond donors (Lipinski definition) is 1. The minimum atomic E-state index is -3.30. The normalized spacial score (nSPS) is 12.8. The highest BCUT2D eigenvalue weighted by Gasteiger charge is 2.19. The molecule has 1 amide bonds. The summed E-state index contributed by atoms with van der Waals surface area (Å²) in [5.41, 5.74) is -0.306. The number of sulfonamides is 1. The van der Waals surface area contributed by atoms with Gasteiger partial charge in [0.1, 0.15) is 0 Å². The average molecular weight is 280 g/mol. The van der Waals surface area contributed by atoms with Crippen molar-refractivity contribution in [2.45, 2.75) is 32.7 Å². The maximum atomic E-state index is 11.6. The fourth-order valence-corrected chi connectivity index (χ4v) is 2.17. The molecule has 0 aromatic heterocycles. The van der Waals surface area contributed by atoms with Crippen molar-refractivity contribution in [3.05, 3.63) is 0 Å². The van der Waals surface area contributed by atoms with Crippen LogP contribution in [0.3, 0.4) is 0 Å². The Hall–Kier alpha value is -0.660. The van der Waals surface area contributed by atoms with Crippen molar-refractivity contribution in [1.82, 2.24) is 9.62 Å². The molecule has 108 valence electrons. The molecule has 0 heterocycles. The van der Waals surface area contributed by atoms with Crippen molar-refractivity contribution in [1.29, 1.82) is 0 Å². The molecule has 6 nitrogen and oxygen atoms in total. The number of nitrogens with one attached hydrogen (secondary N) is 1. The van der Waals surface area contributed by atoms with E-state index in [1.807, 2.05) is 20.8 Å². The first-order valence-corrected chi connectivity index (χ1v) is 7.66. The Bertz CT molecular complexity index is 360. The maximum Gasteiger partial charge on any atom is 0.221 e. The van der Waals surface area contributed by atoms with Crippen molar-refractivity contribution < 1.29 is 17.9 Å². The Morgan fingerprint density at radius 2 is 1.83 bits per heavy atom. The van der Waals surface area contributed by atoms with Crippen LogP contribution in [0.2, 0.25) is 0 Å². The molecule has 0 rings (SSSR count). The van der Waals surface area contributed by atoms with Gasteiger partial charge in [0.05, 0.1) is 12.9 Å². The molecule has 0 radical (unpaired) electrons. The van der Waals surface area contributed by atoms with E-state index in [4.69, 9.17) is 4.74 Å². The molecule has 0 aromatic rings. The summed E-state index contributed by atoms with van der Waals surface area (Å²) in [4.78, 5) is 11.6. The van der Waals surface area contributed by atoms with E-state index in [-0.39, 0.29) is 31.0 Å². The van der Waals surface area contributed by atoms with Crippen molar-refractivity contribution in [2.75, 3.05) is 33.1 Å². The molecule has 0 aromatic carbocycles. The highest BCUT2D eigenvalue weighted by Crippen LogP contribution is 2.02. The number of ether oxygens (including phenoxy) is 1. The molecule has 0 saturated heterocycles. The quantitative estimate of drug-likeness (QED) is 0.723. The Morgan fingerprint density at radius 3 is 2.22 bits per heavy atom. The van der Waals surface area contributed by atoms with Gasteiger partial charge in [-0.3, -0.25) is 4.79 Å². The van der Waals surface area contributed by atoms with Crippen LogP contribution in [-0.2, 0) is 19.6 Å². The SMILES string of the molecule is COCCN(CCC(=O)NC(C)(C)C)S(C)(=O)=O. The summed E-state index contributed by atoms with van der Waals surface area (Å²) in [6, 6.07) is 0. The van der Waals surface area contributed by atoms with Gasteiger partial charge in [0.15, 0.2) is 0 Å². The second kappa shape index (κ2) is 7.06. The van der Waals surface area contributed by atoms with Crippen LogP contribution >= 0.6 is 0 Å². The van der Waals surface area contributed by atoms with Gasteiger partial charge in [-0.05, 0) is 20.8 Å². The van der Waals surface area contributed by atoms with Crippen LogP contribution in [0.1, 0.15) is 27.2 Å². The molecule has 0 atom stereocenters. The van der Waals surface area contributed by atoms with Crippen molar-refractivity contribution in [2.24, 2.45) is 0 Å². The summed E-state index contributed by atoms with van der Waals surface area (Å²) in [6.45, 7) is 6.38. The number of rotatable bonds is 7. The number of carbonyl (C=O) groups excluding carboxylic acids is 1. The minimum Gasteiger partial charge on any atom is -0.383 e. The van der Waals surface area contributed by atoms with E-state index in [1.165, 1.54) is 11.4 Å². The summed E-state index contributed by atoms with van der Waals surface area (Å²) in [5.74, 6) is -0.159. The van der Waals surface area contributed by atoms with Crippen molar-refractivity contribution in [3.8, 4) is 0 Å². The molecule has 0 saturated carbocycles. The number of methoxy groups -OCH3 is 1. The lowest BCUT2D eigenvalue weighted by atomic mass is 10.1. The summed E-state index contributed by atoms with van der Waals surface area (Å²) in [6.07, 6.45) is 1.28. The number of amides is 1. The topological polar surface area (TPSA) is 75.7 Å². The first-order chi connectivity index (χ1) is 8.06. The number of nitrogens with zero attached hydrogens (tertiary/aromatic N) is 1. The fourth-order valence-electron chi connectivity index (χ4n) is 1.34. The smallest absolute Gasteiger partial charge is 0.221 e. The van der Waals surface area contributed by atoms with Gasteiger partial charge in [-0.2, -0.15) is 4.31 Å². The second-order valence-corrected chi connectivity index (χ2v) is 7.19. The van der Waals surface area contributed by atoms with Crippen LogP contribution in [0.25, 0.3) is 0 Å². The molecule has 0 aliphatic heterocycles. The lowest BCUT2D eigenvalue weighted by Crippen LogP contribution is -2.43. The molecule has 0 aliphatic carbocycles. The third-order valence-electron chi connectivity index (χ3n) is 2.12. The van der Waals surface area contributed by atoms with Gasteiger partial charge in [-0.25, -0.2) is 8.42 Å². The van der Waals surface area contributed by atoms with Gasteiger partial charge in [0.2, 0.25) is 15.9 Å². The second-order valence-electron chi connectivity index (χ2n) is 5.20. The van der Waals surface area contributed by atoms with Gasteiger partial charge in [-0.1, -0.05) is 0 Å². The predicted molar refractivity (Wildman–Crippen MR) is 70.8 cm³/mol. The van der Waals surface area contributed by atoms with Crippen LogP contribution in [-0.4, -0.2) is 57.2 Å². The molecule has 7 heteroatoms. The zero-order chi connectivity index (χ0) is 14.4.